The molecule has 0 radical (unpaired) electrons. The fourth-order valence-corrected chi connectivity index (χ4v) is 1.86. The lowest BCUT2D eigenvalue weighted by Crippen LogP contribution is -2.35. The fraction of sp³-hybridized carbons (Fsp3) is 0.700. The molecular formula is C10H16N4O2. The van der Waals surface area contributed by atoms with Crippen molar-refractivity contribution in [1.82, 2.24) is 20.3 Å². The summed E-state index contributed by atoms with van der Waals surface area (Å²) in [5.41, 5.74) is 0.376. The third-order valence-corrected chi connectivity index (χ3v) is 2.81. The number of hydrogen-bond donors (Lipinski definition) is 1. The van der Waals surface area contributed by atoms with Crippen LogP contribution in [0.4, 0.5) is 0 Å². The Kier molecular flexibility index (Phi) is 3.51. The third kappa shape index (κ3) is 2.38. The fourth-order valence-electron chi connectivity index (χ4n) is 1.86. The maximum atomic E-state index is 12.0. The molecule has 1 aromatic rings. The number of ether oxygens (including phenoxy) is 1. The first-order valence-electron chi connectivity index (χ1n) is 5.54. The number of rotatable bonds is 4. The van der Waals surface area contributed by atoms with Crippen molar-refractivity contribution in [2.75, 3.05) is 26.3 Å². The van der Waals surface area contributed by atoms with E-state index in [1.807, 2.05) is 6.92 Å². The van der Waals surface area contributed by atoms with Crippen LogP contribution in [0.3, 0.4) is 0 Å². The molecule has 0 aliphatic carbocycles. The number of amides is 1. The van der Waals surface area contributed by atoms with Gasteiger partial charge in [0.1, 0.15) is 0 Å². The highest BCUT2D eigenvalue weighted by molar-refractivity contribution is 5.91. The Morgan fingerprint density at radius 3 is 3.19 bits per heavy atom. The molecule has 2 heterocycles. The summed E-state index contributed by atoms with van der Waals surface area (Å²) in [6.07, 6.45) is 2.48. The number of aromatic nitrogens is 3. The van der Waals surface area contributed by atoms with Crippen LogP contribution in [0.5, 0.6) is 0 Å². The van der Waals surface area contributed by atoms with E-state index in [9.17, 15) is 4.79 Å². The van der Waals surface area contributed by atoms with Crippen LogP contribution < -0.4 is 0 Å². The molecule has 1 aromatic heterocycles. The van der Waals surface area contributed by atoms with Crippen molar-refractivity contribution < 1.29 is 9.53 Å². The quantitative estimate of drug-likeness (QED) is 0.798. The van der Waals surface area contributed by atoms with Crippen LogP contribution in [-0.2, 0) is 4.74 Å². The van der Waals surface area contributed by atoms with E-state index in [2.05, 4.69) is 15.4 Å². The van der Waals surface area contributed by atoms with E-state index in [1.165, 1.54) is 6.20 Å². The van der Waals surface area contributed by atoms with Gasteiger partial charge in [-0.1, -0.05) is 0 Å². The van der Waals surface area contributed by atoms with Crippen LogP contribution in [0.15, 0.2) is 6.20 Å². The first-order chi connectivity index (χ1) is 7.81. The van der Waals surface area contributed by atoms with E-state index < -0.39 is 0 Å². The highest BCUT2D eigenvalue weighted by atomic mass is 16.5. The van der Waals surface area contributed by atoms with Crippen LogP contribution >= 0.6 is 0 Å². The largest absolute Gasteiger partial charge is 0.381 e. The molecule has 2 rings (SSSR count). The number of hydrogen-bond acceptors (Lipinski definition) is 4. The van der Waals surface area contributed by atoms with Gasteiger partial charge < -0.3 is 9.64 Å². The highest BCUT2D eigenvalue weighted by Gasteiger charge is 2.23. The number of nitrogens with one attached hydrogen (secondary N) is 1. The molecule has 6 heteroatoms. The molecule has 1 aliphatic rings. The molecule has 0 bridgehead atoms. The Balaban J connectivity index is 1.96. The number of aromatic amines is 1. The zero-order chi connectivity index (χ0) is 11.4. The molecule has 6 nitrogen and oxygen atoms in total. The van der Waals surface area contributed by atoms with E-state index in [-0.39, 0.29) is 5.91 Å². The summed E-state index contributed by atoms with van der Waals surface area (Å²) in [5.74, 6) is 0.388. The van der Waals surface area contributed by atoms with Gasteiger partial charge >= 0.3 is 0 Å². The van der Waals surface area contributed by atoms with Crippen molar-refractivity contribution in [2.24, 2.45) is 5.92 Å². The predicted molar refractivity (Wildman–Crippen MR) is 56.9 cm³/mol. The van der Waals surface area contributed by atoms with Gasteiger partial charge in [0.15, 0.2) is 5.69 Å². The van der Waals surface area contributed by atoms with Gasteiger partial charge in [0.2, 0.25) is 0 Å². The minimum atomic E-state index is -0.0665. The lowest BCUT2D eigenvalue weighted by molar-refractivity contribution is 0.0725. The summed E-state index contributed by atoms with van der Waals surface area (Å²) in [4.78, 5) is 13.8. The second-order valence-electron chi connectivity index (χ2n) is 3.93. The summed E-state index contributed by atoms with van der Waals surface area (Å²) in [6, 6.07) is 0. The molecule has 1 aliphatic heterocycles. The van der Waals surface area contributed by atoms with E-state index in [0.717, 1.165) is 26.2 Å². The predicted octanol–water partition coefficient (Wildman–Crippen LogP) is 0.303. The van der Waals surface area contributed by atoms with Crippen LogP contribution in [0.25, 0.3) is 0 Å². The Bertz CT molecular complexity index is 333. The summed E-state index contributed by atoms with van der Waals surface area (Å²) in [6.45, 7) is 4.95. The Morgan fingerprint density at radius 1 is 1.75 bits per heavy atom. The van der Waals surface area contributed by atoms with E-state index in [0.29, 0.717) is 18.2 Å². The lowest BCUT2D eigenvalue weighted by atomic mass is 10.1. The van der Waals surface area contributed by atoms with Gasteiger partial charge in [0.05, 0.1) is 12.8 Å². The van der Waals surface area contributed by atoms with Crippen LogP contribution in [0, 0.1) is 5.92 Å². The smallest absolute Gasteiger partial charge is 0.276 e. The Morgan fingerprint density at radius 2 is 2.62 bits per heavy atom. The van der Waals surface area contributed by atoms with Gasteiger partial charge in [0, 0.05) is 25.6 Å². The van der Waals surface area contributed by atoms with Gasteiger partial charge in [0.25, 0.3) is 5.91 Å². The van der Waals surface area contributed by atoms with Crippen molar-refractivity contribution in [1.29, 1.82) is 0 Å². The maximum Gasteiger partial charge on any atom is 0.276 e. The molecule has 0 saturated carbocycles. The monoisotopic (exact) mass is 224 g/mol. The van der Waals surface area contributed by atoms with Crippen LogP contribution in [0.1, 0.15) is 23.8 Å². The summed E-state index contributed by atoms with van der Waals surface area (Å²) in [5, 5.41) is 9.90. The zero-order valence-electron chi connectivity index (χ0n) is 9.35. The van der Waals surface area contributed by atoms with Crippen LogP contribution in [-0.4, -0.2) is 52.5 Å². The first-order valence-corrected chi connectivity index (χ1v) is 5.54. The molecular weight excluding hydrogens is 208 g/mol. The Hall–Kier alpha value is -1.43. The molecule has 1 saturated heterocycles. The minimum Gasteiger partial charge on any atom is -0.381 e. The lowest BCUT2D eigenvalue weighted by Gasteiger charge is -2.22. The van der Waals surface area contributed by atoms with Gasteiger partial charge in [-0.25, -0.2) is 0 Å². The van der Waals surface area contributed by atoms with E-state index in [1.54, 1.807) is 4.90 Å². The first kappa shape index (κ1) is 11.1. The summed E-state index contributed by atoms with van der Waals surface area (Å²) >= 11 is 0. The molecule has 0 aromatic carbocycles. The normalized spacial score (nSPS) is 19.9. The topological polar surface area (TPSA) is 71.1 Å². The van der Waals surface area contributed by atoms with Gasteiger partial charge in [-0.05, 0) is 13.3 Å². The van der Waals surface area contributed by atoms with Crippen LogP contribution in [0.2, 0.25) is 0 Å². The molecule has 88 valence electrons. The number of H-pyrrole nitrogens is 1. The molecule has 1 amide bonds. The molecule has 1 fully saturated rings. The summed E-state index contributed by atoms with van der Waals surface area (Å²) in [7, 11) is 0. The Labute approximate surface area is 94.0 Å². The van der Waals surface area contributed by atoms with Gasteiger partial charge in [-0.3, -0.25) is 4.79 Å². The number of carbonyl (C=O) groups is 1. The molecule has 1 N–H and O–H groups in total. The standard InChI is InChI=1S/C10H16N4O2/c1-2-14(6-8-3-4-16-7-8)10(15)9-5-11-13-12-9/h5,8H,2-4,6-7H2,1H3,(H,11,12,13). The SMILES string of the molecule is CCN(CC1CCOC1)C(=O)c1cn[nH]n1. The van der Waals surface area contributed by atoms with Crippen molar-refractivity contribution in [3.8, 4) is 0 Å². The molecule has 1 atom stereocenters. The third-order valence-electron chi connectivity index (χ3n) is 2.81. The molecule has 1 unspecified atom stereocenters. The van der Waals surface area contributed by atoms with E-state index >= 15 is 0 Å². The molecule has 0 spiro atoms. The average Bonchev–Trinajstić information content (AvgIpc) is 2.97. The van der Waals surface area contributed by atoms with Crippen molar-refractivity contribution in [3.05, 3.63) is 11.9 Å². The molecule has 16 heavy (non-hydrogen) atoms. The minimum absolute atomic E-state index is 0.0665. The zero-order valence-corrected chi connectivity index (χ0v) is 9.35. The van der Waals surface area contributed by atoms with Gasteiger partial charge in [-0.15, -0.1) is 0 Å². The summed E-state index contributed by atoms with van der Waals surface area (Å²) < 4.78 is 5.30. The van der Waals surface area contributed by atoms with Crippen molar-refractivity contribution in [3.63, 3.8) is 0 Å². The maximum absolute atomic E-state index is 12.0. The van der Waals surface area contributed by atoms with E-state index in [4.69, 9.17) is 4.74 Å². The second-order valence-corrected chi connectivity index (χ2v) is 3.93. The second kappa shape index (κ2) is 5.07. The van der Waals surface area contributed by atoms with Crippen molar-refractivity contribution in [2.45, 2.75) is 13.3 Å². The van der Waals surface area contributed by atoms with Gasteiger partial charge in [-0.2, -0.15) is 15.4 Å². The number of carbonyl (C=O) groups excluding carboxylic acids is 1. The average molecular weight is 224 g/mol. The van der Waals surface area contributed by atoms with Crippen molar-refractivity contribution >= 4 is 5.91 Å². The number of nitrogens with zero attached hydrogens (tertiary/aromatic N) is 3. The highest BCUT2D eigenvalue weighted by Crippen LogP contribution is 2.14.